The Hall–Kier alpha value is -3.34. The van der Waals surface area contributed by atoms with Crippen molar-refractivity contribution in [3.05, 3.63) is 66.4 Å². The number of allylic oxidation sites excluding steroid dienone is 2. The Morgan fingerprint density at radius 3 is 1.46 bits per heavy atom. The summed E-state index contributed by atoms with van der Waals surface area (Å²) in [5.41, 5.74) is 0. The highest BCUT2D eigenvalue weighted by Gasteiger charge is 2.07. The van der Waals surface area contributed by atoms with Gasteiger partial charge in [-0.3, -0.25) is 20.2 Å². The topological polar surface area (TPSA) is 134 Å². The largest absolute Gasteiger partial charge is 0.324 e. The normalized spacial score (nSPS) is 9.92. The Bertz CT molecular complexity index is 796. The molecule has 0 aliphatic rings. The third-order valence-corrected chi connectivity index (χ3v) is 4.23. The molecule has 0 fully saturated rings. The predicted molar refractivity (Wildman–Crippen MR) is 91.2 cm³/mol. The van der Waals surface area contributed by atoms with Crippen molar-refractivity contribution in [3.63, 3.8) is 0 Å². The number of nitriles is 2. The zero-order chi connectivity index (χ0) is 17.9. The molecule has 0 aliphatic carbocycles. The van der Waals surface area contributed by atoms with Crippen molar-refractivity contribution < 1.29 is 9.85 Å². The molecule has 2 aromatic heterocycles. The molecular formula is C14H8N4O4S2. The zero-order valence-electron chi connectivity index (χ0n) is 11.9. The van der Waals surface area contributed by atoms with Crippen LogP contribution in [0.25, 0.3) is 12.2 Å². The van der Waals surface area contributed by atoms with Crippen molar-refractivity contribution in [2.45, 2.75) is 0 Å². The summed E-state index contributed by atoms with van der Waals surface area (Å²) in [6.45, 7) is 0. The third kappa shape index (κ3) is 6.19. The molecule has 2 heterocycles. The molecule has 0 aliphatic heterocycles. The van der Waals surface area contributed by atoms with E-state index in [1.165, 1.54) is 36.4 Å². The van der Waals surface area contributed by atoms with Gasteiger partial charge in [0, 0.05) is 34.0 Å². The molecule has 0 spiro atoms. The number of thiophene rings is 2. The molecule has 2 rings (SSSR count). The summed E-state index contributed by atoms with van der Waals surface area (Å²) in [4.78, 5) is 21.0. The maximum atomic E-state index is 10.2. The summed E-state index contributed by atoms with van der Waals surface area (Å²) in [6, 6.07) is 9.67. The minimum Gasteiger partial charge on any atom is -0.258 e. The van der Waals surface area contributed by atoms with E-state index in [0.29, 0.717) is 9.75 Å². The Kier molecular flexibility index (Phi) is 7.51. The van der Waals surface area contributed by atoms with Crippen LogP contribution in [0.3, 0.4) is 0 Å². The minimum atomic E-state index is -0.450. The van der Waals surface area contributed by atoms with Crippen molar-refractivity contribution >= 4 is 44.8 Å². The smallest absolute Gasteiger partial charge is 0.258 e. The highest BCUT2D eigenvalue weighted by Crippen LogP contribution is 2.25. The SMILES string of the molecule is N#CC=Cc1ccc([N+](=O)[O-])s1.N#CC=Cc1ccc([N+](=O)[O-])s1. The van der Waals surface area contributed by atoms with Crippen LogP contribution in [0, 0.1) is 42.9 Å². The molecule has 10 heteroatoms. The van der Waals surface area contributed by atoms with E-state index in [0.717, 1.165) is 22.7 Å². The number of nitro groups is 2. The molecule has 0 atom stereocenters. The van der Waals surface area contributed by atoms with E-state index >= 15 is 0 Å². The summed E-state index contributed by atoms with van der Waals surface area (Å²) in [5.74, 6) is 0. The van der Waals surface area contributed by atoms with Gasteiger partial charge in [0.05, 0.1) is 22.0 Å². The molecule has 24 heavy (non-hydrogen) atoms. The standard InChI is InChI=1S/2C7H4N2O2S/c2*8-5-1-2-6-3-4-7(12-6)9(10)11/h2*1-4H. The Morgan fingerprint density at radius 1 is 0.833 bits per heavy atom. The fourth-order valence-corrected chi connectivity index (χ4v) is 2.75. The maximum Gasteiger partial charge on any atom is 0.324 e. The van der Waals surface area contributed by atoms with Gasteiger partial charge in [0.15, 0.2) is 0 Å². The summed E-state index contributed by atoms with van der Waals surface area (Å²) in [5, 5.41) is 37.0. The first-order valence-corrected chi connectivity index (χ1v) is 7.72. The van der Waals surface area contributed by atoms with Gasteiger partial charge in [0.1, 0.15) is 0 Å². The van der Waals surface area contributed by atoms with Crippen LogP contribution in [0.4, 0.5) is 10.0 Å². The molecule has 2 aromatic rings. The van der Waals surface area contributed by atoms with Gasteiger partial charge in [0.25, 0.3) is 0 Å². The summed E-state index contributed by atoms with van der Waals surface area (Å²) >= 11 is 2.09. The van der Waals surface area contributed by atoms with Crippen LogP contribution in [-0.2, 0) is 0 Å². The lowest BCUT2D eigenvalue weighted by molar-refractivity contribution is -0.380. The van der Waals surface area contributed by atoms with Crippen molar-refractivity contribution in [2.75, 3.05) is 0 Å². The van der Waals surface area contributed by atoms with E-state index in [1.54, 1.807) is 12.1 Å². The number of rotatable bonds is 4. The van der Waals surface area contributed by atoms with Gasteiger partial charge in [0.2, 0.25) is 0 Å². The van der Waals surface area contributed by atoms with Crippen LogP contribution in [0.15, 0.2) is 36.4 Å². The lowest BCUT2D eigenvalue weighted by atomic mass is 10.4. The van der Waals surface area contributed by atoms with E-state index in [-0.39, 0.29) is 10.0 Å². The van der Waals surface area contributed by atoms with E-state index in [4.69, 9.17) is 10.5 Å². The highest BCUT2D eigenvalue weighted by atomic mass is 32.1. The first-order chi connectivity index (χ1) is 11.5. The zero-order valence-corrected chi connectivity index (χ0v) is 13.5. The molecule has 0 aromatic carbocycles. The van der Waals surface area contributed by atoms with E-state index in [9.17, 15) is 20.2 Å². The van der Waals surface area contributed by atoms with Gasteiger partial charge in [-0.05, 0) is 24.3 Å². The number of nitrogens with zero attached hydrogens (tertiary/aromatic N) is 4. The summed E-state index contributed by atoms with van der Waals surface area (Å²) < 4.78 is 0. The Morgan fingerprint density at radius 2 is 1.21 bits per heavy atom. The predicted octanol–water partition coefficient (Wildman–Crippen LogP) is 4.39. The lowest BCUT2D eigenvalue weighted by Gasteiger charge is -1.79. The van der Waals surface area contributed by atoms with Crippen LogP contribution in [0.2, 0.25) is 0 Å². The molecule has 0 saturated carbocycles. The van der Waals surface area contributed by atoms with Crippen LogP contribution in [-0.4, -0.2) is 9.85 Å². The van der Waals surface area contributed by atoms with E-state index in [2.05, 4.69) is 0 Å². The molecule has 0 bridgehead atoms. The Balaban J connectivity index is 0.000000240. The molecule has 0 amide bonds. The van der Waals surface area contributed by atoms with Gasteiger partial charge in [-0.1, -0.05) is 22.7 Å². The van der Waals surface area contributed by atoms with Gasteiger partial charge in [-0.2, -0.15) is 10.5 Å². The number of hydrogen-bond acceptors (Lipinski definition) is 8. The fourth-order valence-electron chi connectivity index (χ4n) is 1.30. The molecule has 120 valence electrons. The van der Waals surface area contributed by atoms with Crippen molar-refractivity contribution in [1.29, 1.82) is 10.5 Å². The van der Waals surface area contributed by atoms with Gasteiger partial charge in [-0.25, -0.2) is 0 Å². The Labute approximate surface area is 144 Å². The average molecular weight is 360 g/mol. The molecular weight excluding hydrogens is 352 g/mol. The first kappa shape index (κ1) is 18.7. The van der Waals surface area contributed by atoms with E-state index < -0.39 is 9.85 Å². The second-order valence-electron chi connectivity index (χ2n) is 3.79. The van der Waals surface area contributed by atoms with Gasteiger partial charge in [-0.15, -0.1) is 0 Å². The fraction of sp³-hybridized carbons (Fsp3) is 0. The molecule has 0 saturated heterocycles. The average Bonchev–Trinajstić information content (AvgIpc) is 3.21. The molecule has 8 nitrogen and oxygen atoms in total. The quantitative estimate of drug-likeness (QED) is 0.451. The monoisotopic (exact) mass is 360 g/mol. The maximum absolute atomic E-state index is 10.2. The molecule has 0 radical (unpaired) electrons. The number of hydrogen-bond donors (Lipinski definition) is 0. The van der Waals surface area contributed by atoms with Crippen molar-refractivity contribution in [2.24, 2.45) is 0 Å². The van der Waals surface area contributed by atoms with Gasteiger partial charge < -0.3 is 0 Å². The molecule has 0 unspecified atom stereocenters. The highest BCUT2D eigenvalue weighted by molar-refractivity contribution is 7.16. The van der Waals surface area contributed by atoms with Gasteiger partial charge >= 0.3 is 10.0 Å². The third-order valence-electron chi connectivity index (χ3n) is 2.23. The van der Waals surface area contributed by atoms with Crippen LogP contribution in [0.1, 0.15) is 9.75 Å². The van der Waals surface area contributed by atoms with Crippen LogP contribution in [0.5, 0.6) is 0 Å². The second-order valence-corrected chi connectivity index (χ2v) is 5.98. The van der Waals surface area contributed by atoms with Crippen molar-refractivity contribution in [3.8, 4) is 12.1 Å². The summed E-state index contributed by atoms with van der Waals surface area (Å²) in [6.07, 6.45) is 5.65. The second kappa shape index (κ2) is 9.63. The lowest BCUT2D eigenvalue weighted by Crippen LogP contribution is -1.80. The van der Waals surface area contributed by atoms with Crippen molar-refractivity contribution in [1.82, 2.24) is 0 Å². The molecule has 0 N–H and O–H groups in total. The van der Waals surface area contributed by atoms with E-state index in [1.807, 2.05) is 12.1 Å². The van der Waals surface area contributed by atoms with Crippen LogP contribution < -0.4 is 0 Å². The first-order valence-electron chi connectivity index (χ1n) is 6.08. The minimum absolute atomic E-state index is 0.0904. The van der Waals surface area contributed by atoms with Crippen LogP contribution >= 0.6 is 22.7 Å². The summed E-state index contributed by atoms with van der Waals surface area (Å²) in [7, 11) is 0.